The van der Waals surface area contributed by atoms with Crippen LogP contribution in [0.1, 0.15) is 5.56 Å². The zero-order valence-corrected chi connectivity index (χ0v) is 13.3. The molecule has 0 radical (unpaired) electrons. The van der Waals surface area contributed by atoms with Crippen LogP contribution in [-0.4, -0.2) is 42.0 Å². The van der Waals surface area contributed by atoms with Crippen molar-refractivity contribution in [1.29, 1.82) is 0 Å². The monoisotopic (exact) mass is 340 g/mol. The molecule has 20 heavy (non-hydrogen) atoms. The van der Waals surface area contributed by atoms with Gasteiger partial charge in [-0.1, -0.05) is 12.1 Å². The van der Waals surface area contributed by atoms with Gasteiger partial charge in [-0.3, -0.25) is 4.79 Å². The fourth-order valence-electron chi connectivity index (χ4n) is 1.76. The number of nitrogens with zero attached hydrogens (tertiary/aromatic N) is 1. The van der Waals surface area contributed by atoms with Crippen molar-refractivity contribution in [3.05, 3.63) is 29.8 Å². The van der Waals surface area contributed by atoms with Gasteiger partial charge in [0, 0.05) is 30.5 Å². The summed E-state index contributed by atoms with van der Waals surface area (Å²) < 4.78 is 0. The van der Waals surface area contributed by atoms with E-state index in [1.54, 1.807) is 0 Å². The average Bonchev–Trinajstić information content (AvgIpc) is 2.39. The first-order valence-corrected chi connectivity index (χ1v) is 7.09. The average molecular weight is 342 g/mol. The highest BCUT2D eigenvalue weighted by Gasteiger charge is 2.12. The van der Waals surface area contributed by atoms with Gasteiger partial charge in [0.05, 0.1) is 0 Å². The summed E-state index contributed by atoms with van der Waals surface area (Å²) in [6.45, 7) is 1.45. The molecule has 0 aliphatic rings. The highest BCUT2D eigenvalue weighted by molar-refractivity contribution is 6.18. The van der Waals surface area contributed by atoms with Crippen LogP contribution in [0.3, 0.4) is 0 Å². The lowest BCUT2D eigenvalue weighted by molar-refractivity contribution is -0.138. The van der Waals surface area contributed by atoms with E-state index in [1.807, 2.05) is 24.3 Å². The fraction of sp³-hybridized carbons (Fsp3) is 0.462. The van der Waals surface area contributed by atoms with E-state index < -0.39 is 12.0 Å². The Morgan fingerprint density at radius 2 is 1.70 bits per heavy atom. The van der Waals surface area contributed by atoms with Gasteiger partial charge < -0.3 is 15.7 Å². The van der Waals surface area contributed by atoms with Gasteiger partial charge in [-0.15, -0.1) is 35.6 Å². The number of alkyl halides is 2. The molecule has 1 rings (SSSR count). The number of carboxylic acids is 1. The third kappa shape index (κ3) is 6.18. The van der Waals surface area contributed by atoms with Gasteiger partial charge >= 0.3 is 5.97 Å². The second-order valence-corrected chi connectivity index (χ2v) is 4.94. The molecule has 0 aliphatic heterocycles. The first kappa shape index (κ1) is 19.3. The Hall–Kier alpha value is -0.680. The van der Waals surface area contributed by atoms with Gasteiger partial charge in [-0.25, -0.2) is 0 Å². The van der Waals surface area contributed by atoms with Gasteiger partial charge in [0.15, 0.2) is 0 Å². The number of aliphatic carboxylic acids is 1. The Balaban J connectivity index is 0.00000361. The molecular weight excluding hydrogens is 323 g/mol. The molecule has 0 aliphatic carbocycles. The number of benzene rings is 1. The molecule has 0 aromatic heterocycles. The van der Waals surface area contributed by atoms with E-state index in [0.717, 1.165) is 24.3 Å². The number of hydrogen-bond acceptors (Lipinski definition) is 3. The predicted octanol–water partition coefficient (Wildman–Crippen LogP) is 2.35. The summed E-state index contributed by atoms with van der Waals surface area (Å²) in [4.78, 5) is 12.8. The van der Waals surface area contributed by atoms with Gasteiger partial charge in [0.2, 0.25) is 0 Å². The van der Waals surface area contributed by atoms with Crippen LogP contribution < -0.4 is 10.6 Å². The Morgan fingerprint density at radius 1 is 1.20 bits per heavy atom. The van der Waals surface area contributed by atoms with E-state index >= 15 is 0 Å². The summed E-state index contributed by atoms with van der Waals surface area (Å²) >= 11 is 11.5. The SMILES string of the molecule is Cl.NC(Cc1ccc(N(CCCl)CCCl)cc1)C(=O)O. The van der Waals surface area contributed by atoms with Crippen LogP contribution in [0.4, 0.5) is 5.69 Å². The zero-order chi connectivity index (χ0) is 14.3. The molecule has 0 amide bonds. The van der Waals surface area contributed by atoms with Gasteiger partial charge in [-0.05, 0) is 24.1 Å². The minimum atomic E-state index is -0.991. The van der Waals surface area contributed by atoms with Crippen molar-refractivity contribution < 1.29 is 9.90 Å². The Kier molecular flexibility index (Phi) is 9.76. The molecule has 0 bridgehead atoms. The van der Waals surface area contributed by atoms with E-state index in [4.69, 9.17) is 34.0 Å². The van der Waals surface area contributed by atoms with Crippen molar-refractivity contribution in [1.82, 2.24) is 0 Å². The summed E-state index contributed by atoms with van der Waals surface area (Å²) in [6.07, 6.45) is 0.320. The van der Waals surface area contributed by atoms with E-state index in [9.17, 15) is 4.79 Å². The molecule has 1 aromatic carbocycles. The number of nitrogens with two attached hydrogens (primary N) is 1. The molecule has 0 saturated heterocycles. The topological polar surface area (TPSA) is 66.6 Å². The van der Waals surface area contributed by atoms with Crippen molar-refractivity contribution in [3.63, 3.8) is 0 Å². The summed E-state index contributed by atoms with van der Waals surface area (Å²) in [7, 11) is 0. The molecule has 4 nitrogen and oxygen atoms in total. The first-order valence-electron chi connectivity index (χ1n) is 6.02. The number of rotatable bonds is 8. The van der Waals surface area contributed by atoms with Crippen LogP contribution in [0, 0.1) is 0 Å². The minimum Gasteiger partial charge on any atom is -0.480 e. The van der Waals surface area contributed by atoms with Crippen LogP contribution in [0.2, 0.25) is 0 Å². The molecule has 1 atom stereocenters. The van der Waals surface area contributed by atoms with Crippen LogP contribution in [0.15, 0.2) is 24.3 Å². The van der Waals surface area contributed by atoms with Crippen LogP contribution in [0.5, 0.6) is 0 Å². The normalized spacial score (nSPS) is 11.6. The highest BCUT2D eigenvalue weighted by Crippen LogP contribution is 2.16. The first-order chi connectivity index (χ1) is 9.08. The lowest BCUT2D eigenvalue weighted by Crippen LogP contribution is -2.32. The predicted molar refractivity (Wildman–Crippen MR) is 86.7 cm³/mol. The summed E-state index contributed by atoms with van der Waals surface area (Å²) in [5.41, 5.74) is 7.42. The Morgan fingerprint density at radius 3 is 2.10 bits per heavy atom. The van der Waals surface area contributed by atoms with E-state index in [0.29, 0.717) is 18.2 Å². The number of hydrogen-bond donors (Lipinski definition) is 2. The van der Waals surface area contributed by atoms with Gasteiger partial charge in [0.1, 0.15) is 6.04 Å². The lowest BCUT2D eigenvalue weighted by atomic mass is 10.1. The van der Waals surface area contributed by atoms with Crippen LogP contribution >= 0.6 is 35.6 Å². The van der Waals surface area contributed by atoms with Crippen molar-refractivity contribution in [3.8, 4) is 0 Å². The number of carboxylic acid groups (broad SMARTS) is 1. The molecule has 0 fully saturated rings. The van der Waals surface area contributed by atoms with E-state index in [2.05, 4.69) is 4.90 Å². The van der Waals surface area contributed by atoms with Crippen molar-refractivity contribution in [2.75, 3.05) is 29.7 Å². The lowest BCUT2D eigenvalue weighted by Gasteiger charge is -2.23. The quantitative estimate of drug-likeness (QED) is 0.712. The molecule has 0 saturated carbocycles. The molecule has 1 aromatic rings. The maximum absolute atomic E-state index is 10.7. The maximum Gasteiger partial charge on any atom is 0.320 e. The summed E-state index contributed by atoms with van der Waals surface area (Å²) in [5, 5.41) is 8.76. The molecule has 7 heteroatoms. The van der Waals surface area contributed by atoms with E-state index in [1.165, 1.54) is 0 Å². The third-order valence-corrected chi connectivity index (χ3v) is 3.12. The van der Waals surface area contributed by atoms with Crippen molar-refractivity contribution >= 4 is 47.3 Å². The molecule has 0 spiro atoms. The maximum atomic E-state index is 10.7. The smallest absolute Gasteiger partial charge is 0.320 e. The molecule has 1 unspecified atom stereocenters. The number of anilines is 1. The molecule has 114 valence electrons. The van der Waals surface area contributed by atoms with Crippen LogP contribution in [-0.2, 0) is 11.2 Å². The second-order valence-electron chi connectivity index (χ2n) is 4.18. The van der Waals surface area contributed by atoms with Crippen molar-refractivity contribution in [2.45, 2.75) is 12.5 Å². The Bertz CT molecular complexity index is 395. The molecule has 0 heterocycles. The molecular formula is C13H19Cl3N2O2. The summed E-state index contributed by atoms with van der Waals surface area (Å²) in [6, 6.07) is 6.76. The second kappa shape index (κ2) is 10.1. The van der Waals surface area contributed by atoms with Crippen LogP contribution in [0.25, 0.3) is 0 Å². The summed E-state index contributed by atoms with van der Waals surface area (Å²) in [5.74, 6) is 0.0698. The number of halogens is 3. The van der Waals surface area contributed by atoms with Gasteiger partial charge in [0.25, 0.3) is 0 Å². The molecule has 3 N–H and O–H groups in total. The van der Waals surface area contributed by atoms with E-state index in [-0.39, 0.29) is 12.4 Å². The Labute approximate surface area is 135 Å². The highest BCUT2D eigenvalue weighted by atomic mass is 35.5. The fourth-order valence-corrected chi connectivity index (χ4v) is 2.17. The largest absolute Gasteiger partial charge is 0.480 e. The van der Waals surface area contributed by atoms with Gasteiger partial charge in [-0.2, -0.15) is 0 Å². The standard InChI is InChI=1S/C13H18Cl2N2O2.ClH/c14-5-7-17(8-6-15)11-3-1-10(2-4-11)9-12(16)13(18)19;/h1-4,12H,5-9,16H2,(H,18,19);1H. The minimum absolute atomic E-state index is 0. The number of carbonyl (C=O) groups is 1. The third-order valence-electron chi connectivity index (χ3n) is 2.78. The van der Waals surface area contributed by atoms with Crippen molar-refractivity contribution in [2.24, 2.45) is 5.73 Å². The zero-order valence-electron chi connectivity index (χ0n) is 11.0.